The minimum atomic E-state index is -1.05. The van der Waals surface area contributed by atoms with Gasteiger partial charge < -0.3 is 10.8 Å². The maximum atomic E-state index is 10.4. The molecule has 0 aliphatic carbocycles. The summed E-state index contributed by atoms with van der Waals surface area (Å²) in [5, 5.41) is 8.52. The van der Waals surface area contributed by atoms with Gasteiger partial charge in [0.1, 0.15) is 0 Å². The summed E-state index contributed by atoms with van der Waals surface area (Å²) in [5.41, 5.74) is 5.09. The zero-order valence-corrected chi connectivity index (χ0v) is 7.32. The van der Waals surface area contributed by atoms with Crippen LogP contribution in [0.5, 0.6) is 0 Å². The fourth-order valence-corrected chi connectivity index (χ4v) is 0.482. The smallest absolute Gasteiger partial charge is 0.338 e. The van der Waals surface area contributed by atoms with Crippen molar-refractivity contribution in [2.24, 2.45) is 10.7 Å². The molecule has 0 aromatic rings. The minimum absolute atomic E-state index is 0.0234. The standard InChI is InChI=1S/C8H14N2O2/c1-3-6(2)10-5-7(4-9)8(11)12/h4-6H,3,9H2,1-2H3,(H,11,12). The first-order valence-corrected chi connectivity index (χ1v) is 3.80. The average molecular weight is 170 g/mol. The van der Waals surface area contributed by atoms with Crippen molar-refractivity contribution in [3.05, 3.63) is 11.8 Å². The Bertz CT molecular complexity index is 209. The normalized spacial score (nSPS) is 15.0. The first kappa shape index (κ1) is 10.7. The molecule has 0 aliphatic heterocycles. The van der Waals surface area contributed by atoms with Crippen LogP contribution in [0.2, 0.25) is 0 Å². The Morgan fingerprint density at radius 3 is 2.67 bits per heavy atom. The molecule has 0 rings (SSSR count). The van der Waals surface area contributed by atoms with Crippen molar-refractivity contribution < 1.29 is 9.90 Å². The maximum Gasteiger partial charge on any atom is 0.338 e. The predicted molar refractivity (Wildman–Crippen MR) is 48.2 cm³/mol. The molecule has 1 atom stereocenters. The van der Waals surface area contributed by atoms with Gasteiger partial charge in [-0.05, 0) is 13.3 Å². The second kappa shape index (κ2) is 5.35. The molecule has 0 heterocycles. The van der Waals surface area contributed by atoms with E-state index in [0.717, 1.165) is 12.6 Å². The van der Waals surface area contributed by atoms with Gasteiger partial charge in [-0.3, -0.25) is 4.99 Å². The number of aliphatic carboxylic acids is 1. The lowest BCUT2D eigenvalue weighted by Gasteiger charge is -1.99. The van der Waals surface area contributed by atoms with E-state index in [0.29, 0.717) is 0 Å². The predicted octanol–water partition coefficient (Wildman–Crippen LogP) is 0.783. The highest BCUT2D eigenvalue weighted by Gasteiger charge is 2.02. The Labute approximate surface area is 71.8 Å². The molecular formula is C8H14N2O2. The van der Waals surface area contributed by atoms with E-state index in [1.807, 2.05) is 13.8 Å². The monoisotopic (exact) mass is 170 g/mol. The van der Waals surface area contributed by atoms with Gasteiger partial charge in [-0.2, -0.15) is 0 Å². The van der Waals surface area contributed by atoms with Crippen molar-refractivity contribution in [3.8, 4) is 0 Å². The van der Waals surface area contributed by atoms with E-state index in [4.69, 9.17) is 10.8 Å². The molecule has 0 fully saturated rings. The molecule has 0 bridgehead atoms. The van der Waals surface area contributed by atoms with Gasteiger partial charge in [0.15, 0.2) is 0 Å². The van der Waals surface area contributed by atoms with E-state index in [2.05, 4.69) is 4.99 Å². The number of aliphatic imine (C=N–C) groups is 1. The van der Waals surface area contributed by atoms with Crippen LogP contribution in [0.1, 0.15) is 20.3 Å². The van der Waals surface area contributed by atoms with Crippen molar-refractivity contribution in [1.82, 2.24) is 0 Å². The largest absolute Gasteiger partial charge is 0.478 e. The molecule has 12 heavy (non-hydrogen) atoms. The molecule has 68 valence electrons. The van der Waals surface area contributed by atoms with Gasteiger partial charge in [-0.25, -0.2) is 4.79 Å². The zero-order valence-electron chi connectivity index (χ0n) is 7.32. The quantitative estimate of drug-likeness (QED) is 0.483. The van der Waals surface area contributed by atoms with Crippen LogP contribution < -0.4 is 5.73 Å². The number of carboxylic acid groups (broad SMARTS) is 1. The molecule has 4 heteroatoms. The third-order valence-electron chi connectivity index (χ3n) is 1.49. The van der Waals surface area contributed by atoms with E-state index in [9.17, 15) is 4.79 Å². The number of nitrogens with zero attached hydrogens (tertiary/aromatic N) is 1. The summed E-state index contributed by atoms with van der Waals surface area (Å²) in [6.07, 6.45) is 3.21. The van der Waals surface area contributed by atoms with Crippen LogP contribution in [0, 0.1) is 0 Å². The molecule has 0 aliphatic rings. The second-order valence-electron chi connectivity index (χ2n) is 2.46. The van der Waals surface area contributed by atoms with Gasteiger partial charge >= 0.3 is 5.97 Å². The van der Waals surface area contributed by atoms with E-state index in [-0.39, 0.29) is 11.6 Å². The average Bonchev–Trinajstić information content (AvgIpc) is 2.04. The molecule has 3 N–H and O–H groups in total. The molecular weight excluding hydrogens is 156 g/mol. The van der Waals surface area contributed by atoms with Crippen LogP contribution in [0.15, 0.2) is 16.8 Å². The molecule has 0 radical (unpaired) electrons. The summed E-state index contributed by atoms with van der Waals surface area (Å²) < 4.78 is 0. The summed E-state index contributed by atoms with van der Waals surface area (Å²) in [5.74, 6) is -1.05. The fraction of sp³-hybridized carbons (Fsp3) is 0.500. The number of hydrogen-bond donors (Lipinski definition) is 2. The topological polar surface area (TPSA) is 75.7 Å². The molecule has 0 aromatic heterocycles. The van der Waals surface area contributed by atoms with Crippen LogP contribution in [0.4, 0.5) is 0 Å². The van der Waals surface area contributed by atoms with Crippen LogP contribution in [0.3, 0.4) is 0 Å². The van der Waals surface area contributed by atoms with Gasteiger partial charge in [0.25, 0.3) is 0 Å². The number of carboxylic acids is 1. The Hall–Kier alpha value is -1.32. The van der Waals surface area contributed by atoms with Gasteiger partial charge in [0.2, 0.25) is 0 Å². The van der Waals surface area contributed by atoms with E-state index >= 15 is 0 Å². The van der Waals surface area contributed by atoms with Gasteiger partial charge in [0.05, 0.1) is 5.57 Å². The lowest BCUT2D eigenvalue weighted by molar-refractivity contribution is -0.132. The highest BCUT2D eigenvalue weighted by molar-refractivity contribution is 6.08. The lowest BCUT2D eigenvalue weighted by Crippen LogP contribution is -2.06. The van der Waals surface area contributed by atoms with E-state index < -0.39 is 5.97 Å². The van der Waals surface area contributed by atoms with Crippen LogP contribution in [0.25, 0.3) is 0 Å². The van der Waals surface area contributed by atoms with Crippen LogP contribution in [-0.4, -0.2) is 23.3 Å². The van der Waals surface area contributed by atoms with Crippen molar-refractivity contribution in [2.75, 3.05) is 0 Å². The van der Waals surface area contributed by atoms with Gasteiger partial charge in [-0.1, -0.05) is 6.92 Å². The molecule has 0 amide bonds. The van der Waals surface area contributed by atoms with Crippen LogP contribution >= 0.6 is 0 Å². The molecule has 4 nitrogen and oxygen atoms in total. The van der Waals surface area contributed by atoms with E-state index in [1.165, 1.54) is 6.21 Å². The van der Waals surface area contributed by atoms with Crippen LogP contribution in [-0.2, 0) is 4.79 Å². The molecule has 1 unspecified atom stereocenters. The van der Waals surface area contributed by atoms with Gasteiger partial charge in [0, 0.05) is 18.5 Å². The number of carbonyl (C=O) groups is 1. The van der Waals surface area contributed by atoms with Gasteiger partial charge in [-0.15, -0.1) is 0 Å². The van der Waals surface area contributed by atoms with E-state index in [1.54, 1.807) is 0 Å². The molecule has 0 saturated heterocycles. The fourth-order valence-electron chi connectivity index (χ4n) is 0.482. The molecule has 0 spiro atoms. The number of rotatable bonds is 4. The maximum absolute atomic E-state index is 10.4. The lowest BCUT2D eigenvalue weighted by atomic mass is 10.2. The number of nitrogens with two attached hydrogens (primary N) is 1. The third kappa shape index (κ3) is 3.75. The SMILES string of the molecule is CCC(C)N=CC(=CN)C(=O)O. The summed E-state index contributed by atoms with van der Waals surface area (Å²) >= 11 is 0. The number of hydrogen-bond acceptors (Lipinski definition) is 3. The molecule has 0 aromatic carbocycles. The highest BCUT2D eigenvalue weighted by atomic mass is 16.4. The second-order valence-corrected chi connectivity index (χ2v) is 2.46. The van der Waals surface area contributed by atoms with Crippen molar-refractivity contribution in [2.45, 2.75) is 26.3 Å². The van der Waals surface area contributed by atoms with Crippen molar-refractivity contribution in [3.63, 3.8) is 0 Å². The van der Waals surface area contributed by atoms with Crippen molar-refractivity contribution >= 4 is 12.2 Å². The molecule has 0 saturated carbocycles. The summed E-state index contributed by atoms with van der Waals surface area (Å²) in [6, 6.07) is 0.138. The highest BCUT2D eigenvalue weighted by Crippen LogP contribution is 1.95. The zero-order chi connectivity index (χ0) is 9.56. The Kier molecular flexibility index (Phi) is 4.76. The first-order chi connectivity index (χ1) is 5.61. The Morgan fingerprint density at radius 2 is 2.33 bits per heavy atom. The summed E-state index contributed by atoms with van der Waals surface area (Å²) in [7, 11) is 0. The summed E-state index contributed by atoms with van der Waals surface area (Å²) in [6.45, 7) is 3.89. The summed E-state index contributed by atoms with van der Waals surface area (Å²) in [4.78, 5) is 14.4. The Balaban J connectivity index is 4.22. The minimum Gasteiger partial charge on any atom is -0.478 e. The first-order valence-electron chi connectivity index (χ1n) is 3.80. The van der Waals surface area contributed by atoms with Crippen molar-refractivity contribution in [1.29, 1.82) is 0 Å². The third-order valence-corrected chi connectivity index (χ3v) is 1.49. The Morgan fingerprint density at radius 1 is 1.75 bits per heavy atom.